The van der Waals surface area contributed by atoms with Crippen molar-refractivity contribution in [3.63, 3.8) is 0 Å². The van der Waals surface area contributed by atoms with E-state index < -0.39 is 11.6 Å². The first kappa shape index (κ1) is 15.7. The molecule has 0 aliphatic carbocycles. The van der Waals surface area contributed by atoms with Crippen LogP contribution in [0, 0.1) is 0 Å². The number of likely N-dealkylation sites (N-methyl/N-ethyl adjacent to an activating group) is 1. The van der Waals surface area contributed by atoms with Crippen LogP contribution in [0.1, 0.15) is 33.1 Å². The summed E-state index contributed by atoms with van der Waals surface area (Å²) in [4.78, 5) is 23.6. The Morgan fingerprint density at radius 3 is 2.63 bits per heavy atom. The summed E-state index contributed by atoms with van der Waals surface area (Å²) in [5.41, 5.74) is 4.63. The van der Waals surface area contributed by atoms with Gasteiger partial charge in [-0.25, -0.2) is 10.2 Å². The molecule has 0 bridgehead atoms. The SMILES string of the molecule is COC(C)(C)CCC1(CN(C)C(=O)O)CC(=O)NN1. The Morgan fingerprint density at radius 2 is 2.21 bits per heavy atom. The molecule has 1 aliphatic rings. The van der Waals surface area contributed by atoms with Crippen LogP contribution in [0.4, 0.5) is 4.79 Å². The average Bonchev–Trinajstić information content (AvgIpc) is 2.69. The zero-order chi connectivity index (χ0) is 14.7. The lowest BCUT2D eigenvalue weighted by molar-refractivity contribution is -0.119. The van der Waals surface area contributed by atoms with E-state index in [9.17, 15) is 9.59 Å². The predicted octanol–water partition coefficient (Wildman–Crippen LogP) is 0.565. The van der Waals surface area contributed by atoms with Crippen LogP contribution >= 0.6 is 0 Å². The van der Waals surface area contributed by atoms with Crippen molar-refractivity contribution >= 4 is 12.0 Å². The Hall–Kier alpha value is -1.34. The molecule has 1 atom stereocenters. The molecule has 1 heterocycles. The van der Waals surface area contributed by atoms with Crippen molar-refractivity contribution in [2.45, 2.75) is 44.2 Å². The van der Waals surface area contributed by atoms with Gasteiger partial charge in [-0.05, 0) is 26.7 Å². The summed E-state index contributed by atoms with van der Waals surface area (Å²) in [7, 11) is 3.14. The molecule has 0 radical (unpaired) electrons. The lowest BCUT2D eigenvalue weighted by Crippen LogP contribution is -2.53. The predicted molar refractivity (Wildman–Crippen MR) is 69.6 cm³/mol. The highest BCUT2D eigenvalue weighted by Gasteiger charge is 2.41. The summed E-state index contributed by atoms with van der Waals surface area (Å²) in [6, 6.07) is 0. The number of nitrogens with one attached hydrogen (secondary N) is 2. The molecule has 1 fully saturated rings. The van der Waals surface area contributed by atoms with E-state index in [2.05, 4.69) is 10.9 Å². The number of hydrogen-bond donors (Lipinski definition) is 3. The van der Waals surface area contributed by atoms with Crippen LogP contribution in [0.5, 0.6) is 0 Å². The molecular formula is C12H23N3O4. The van der Waals surface area contributed by atoms with Crippen molar-refractivity contribution in [1.29, 1.82) is 0 Å². The summed E-state index contributed by atoms with van der Waals surface area (Å²) in [6.07, 6.45) is 0.625. The number of carbonyl (C=O) groups is 2. The number of methoxy groups -OCH3 is 1. The molecule has 110 valence electrons. The molecule has 0 aromatic rings. The summed E-state index contributed by atoms with van der Waals surface area (Å²) >= 11 is 0. The van der Waals surface area contributed by atoms with Crippen LogP contribution in [-0.2, 0) is 9.53 Å². The normalized spacial score (nSPS) is 23.3. The van der Waals surface area contributed by atoms with E-state index in [-0.39, 0.29) is 24.5 Å². The minimum absolute atomic E-state index is 0.117. The Kier molecular flexibility index (Phi) is 4.75. The van der Waals surface area contributed by atoms with Crippen molar-refractivity contribution < 1.29 is 19.4 Å². The number of carbonyl (C=O) groups excluding carboxylic acids is 1. The van der Waals surface area contributed by atoms with E-state index in [1.54, 1.807) is 7.11 Å². The summed E-state index contributed by atoms with van der Waals surface area (Å²) in [6.45, 7) is 4.18. The zero-order valence-electron chi connectivity index (χ0n) is 11.9. The third kappa shape index (κ3) is 4.36. The van der Waals surface area contributed by atoms with Gasteiger partial charge in [-0.1, -0.05) is 0 Å². The highest BCUT2D eigenvalue weighted by molar-refractivity contribution is 5.79. The van der Waals surface area contributed by atoms with E-state index in [1.165, 1.54) is 11.9 Å². The highest BCUT2D eigenvalue weighted by atomic mass is 16.5. The molecule has 3 N–H and O–H groups in total. The first-order chi connectivity index (χ1) is 8.70. The summed E-state index contributed by atoms with van der Waals surface area (Å²) in [5, 5.41) is 8.97. The fourth-order valence-electron chi connectivity index (χ4n) is 2.09. The number of nitrogens with zero attached hydrogens (tertiary/aromatic N) is 1. The fraction of sp³-hybridized carbons (Fsp3) is 0.833. The molecular weight excluding hydrogens is 250 g/mol. The van der Waals surface area contributed by atoms with Crippen molar-refractivity contribution in [3.8, 4) is 0 Å². The third-order valence-corrected chi connectivity index (χ3v) is 3.59. The lowest BCUT2D eigenvalue weighted by Gasteiger charge is -2.34. The van der Waals surface area contributed by atoms with Crippen LogP contribution in [0.3, 0.4) is 0 Å². The van der Waals surface area contributed by atoms with Crippen LogP contribution in [0.25, 0.3) is 0 Å². The Labute approximate surface area is 113 Å². The Bertz CT molecular complexity index is 359. The number of amides is 2. The molecule has 2 amide bonds. The van der Waals surface area contributed by atoms with Gasteiger partial charge in [0.2, 0.25) is 5.91 Å². The largest absolute Gasteiger partial charge is 0.465 e. The van der Waals surface area contributed by atoms with Crippen molar-refractivity contribution in [2.24, 2.45) is 0 Å². The number of rotatable bonds is 6. The zero-order valence-corrected chi connectivity index (χ0v) is 11.9. The monoisotopic (exact) mass is 273 g/mol. The van der Waals surface area contributed by atoms with Crippen molar-refractivity contribution in [1.82, 2.24) is 15.8 Å². The fourth-order valence-corrected chi connectivity index (χ4v) is 2.09. The van der Waals surface area contributed by atoms with Gasteiger partial charge >= 0.3 is 6.09 Å². The molecule has 7 heteroatoms. The van der Waals surface area contributed by atoms with Crippen LogP contribution in [-0.4, -0.2) is 53.8 Å². The number of ether oxygens (including phenoxy) is 1. The lowest BCUT2D eigenvalue weighted by atomic mass is 9.86. The molecule has 0 aromatic heterocycles. The molecule has 19 heavy (non-hydrogen) atoms. The first-order valence-electron chi connectivity index (χ1n) is 6.25. The maximum atomic E-state index is 11.4. The quantitative estimate of drug-likeness (QED) is 0.658. The minimum atomic E-state index is -1.01. The first-order valence-corrected chi connectivity index (χ1v) is 6.25. The van der Waals surface area contributed by atoms with Gasteiger partial charge in [-0.3, -0.25) is 10.2 Å². The van der Waals surface area contributed by atoms with Crippen LogP contribution in [0.15, 0.2) is 0 Å². The van der Waals surface area contributed by atoms with Gasteiger partial charge in [0.15, 0.2) is 0 Å². The van der Waals surface area contributed by atoms with Gasteiger partial charge in [0.05, 0.1) is 11.1 Å². The van der Waals surface area contributed by atoms with Gasteiger partial charge in [0.1, 0.15) is 0 Å². The molecule has 0 aromatic carbocycles. The number of hydrogen-bond acceptors (Lipinski definition) is 4. The molecule has 1 unspecified atom stereocenters. The molecule has 1 rings (SSSR count). The van der Waals surface area contributed by atoms with E-state index in [0.29, 0.717) is 6.42 Å². The van der Waals surface area contributed by atoms with Gasteiger partial charge in [0, 0.05) is 27.1 Å². The van der Waals surface area contributed by atoms with Gasteiger partial charge < -0.3 is 14.7 Å². The summed E-state index contributed by atoms with van der Waals surface area (Å²) in [5.74, 6) is -0.117. The van der Waals surface area contributed by atoms with Gasteiger partial charge in [-0.2, -0.15) is 0 Å². The molecule has 1 saturated heterocycles. The van der Waals surface area contributed by atoms with Gasteiger partial charge in [0.25, 0.3) is 0 Å². The second-order valence-corrected chi connectivity index (χ2v) is 5.73. The number of carboxylic acid groups (broad SMARTS) is 1. The smallest absolute Gasteiger partial charge is 0.407 e. The molecule has 1 aliphatic heterocycles. The van der Waals surface area contributed by atoms with E-state index in [4.69, 9.17) is 9.84 Å². The maximum Gasteiger partial charge on any atom is 0.407 e. The van der Waals surface area contributed by atoms with Crippen molar-refractivity contribution in [3.05, 3.63) is 0 Å². The minimum Gasteiger partial charge on any atom is -0.465 e. The molecule has 7 nitrogen and oxygen atoms in total. The third-order valence-electron chi connectivity index (χ3n) is 3.59. The van der Waals surface area contributed by atoms with E-state index in [0.717, 1.165) is 6.42 Å². The van der Waals surface area contributed by atoms with Crippen LogP contribution < -0.4 is 10.9 Å². The Morgan fingerprint density at radius 1 is 1.58 bits per heavy atom. The summed E-state index contributed by atoms with van der Waals surface area (Å²) < 4.78 is 5.36. The molecule has 0 saturated carbocycles. The highest BCUT2D eigenvalue weighted by Crippen LogP contribution is 2.27. The Balaban J connectivity index is 2.72. The molecule has 0 spiro atoms. The maximum absolute atomic E-state index is 11.4. The van der Waals surface area contributed by atoms with Crippen LogP contribution in [0.2, 0.25) is 0 Å². The average molecular weight is 273 g/mol. The second kappa shape index (κ2) is 5.75. The van der Waals surface area contributed by atoms with E-state index in [1.807, 2.05) is 13.8 Å². The topological polar surface area (TPSA) is 90.9 Å². The van der Waals surface area contributed by atoms with Crippen molar-refractivity contribution in [2.75, 3.05) is 20.7 Å². The van der Waals surface area contributed by atoms with Gasteiger partial charge in [-0.15, -0.1) is 0 Å². The van der Waals surface area contributed by atoms with E-state index >= 15 is 0 Å². The number of hydrazine groups is 1. The second-order valence-electron chi connectivity index (χ2n) is 5.73. The standard InChI is InChI=1S/C12H23N3O4/c1-11(2,19-4)5-6-12(7-9(16)13-14-12)8-15(3)10(17)18/h14H,5-8H2,1-4H3,(H,13,16)(H,17,18).